The molecule has 1 aromatic carbocycles. The molecule has 1 aliphatic rings. The quantitative estimate of drug-likeness (QED) is 0.397. The van der Waals surface area contributed by atoms with Crippen LogP contribution in [0, 0.1) is 0 Å². The number of carbonyl (C=O) groups excluding carboxylic acids is 1. The first kappa shape index (κ1) is 15.9. The van der Waals surface area contributed by atoms with Crippen LogP contribution >= 0.6 is 0 Å². The zero-order valence-corrected chi connectivity index (χ0v) is 12.4. The van der Waals surface area contributed by atoms with Gasteiger partial charge in [-0.2, -0.15) is 0 Å². The first-order chi connectivity index (χ1) is 10.2. The lowest BCUT2D eigenvalue weighted by Crippen LogP contribution is -2.32. The van der Waals surface area contributed by atoms with E-state index in [4.69, 9.17) is 10.9 Å². The number of carbonyl (C=O) groups is 1. The van der Waals surface area contributed by atoms with Crippen LogP contribution in [0.25, 0.3) is 0 Å². The Labute approximate surface area is 126 Å². The summed E-state index contributed by atoms with van der Waals surface area (Å²) in [6, 6.07) is 8.59. The van der Waals surface area contributed by atoms with E-state index < -0.39 is 0 Å². The molecule has 1 aliphatic heterocycles. The van der Waals surface area contributed by atoms with E-state index in [-0.39, 0.29) is 12.5 Å². The molecule has 0 aliphatic carbocycles. The number of benzene rings is 1. The van der Waals surface area contributed by atoms with Crippen LogP contribution in [0.4, 0.5) is 0 Å². The molecule has 0 bridgehead atoms. The van der Waals surface area contributed by atoms with Crippen molar-refractivity contribution in [3.63, 3.8) is 0 Å². The number of amides is 1. The molecule has 4 N–H and O–H groups in total. The van der Waals surface area contributed by atoms with Crippen molar-refractivity contribution in [3.8, 4) is 0 Å². The Kier molecular flexibility index (Phi) is 6.17. The highest BCUT2D eigenvalue weighted by molar-refractivity contribution is 5.78. The number of aliphatic hydroxyl groups is 1. The van der Waals surface area contributed by atoms with Crippen LogP contribution in [0.15, 0.2) is 24.3 Å². The zero-order valence-electron chi connectivity index (χ0n) is 12.4. The van der Waals surface area contributed by atoms with Gasteiger partial charge in [0, 0.05) is 19.2 Å². The van der Waals surface area contributed by atoms with Gasteiger partial charge in [0.25, 0.3) is 0 Å². The lowest BCUT2D eigenvalue weighted by atomic mass is 10.0. The lowest BCUT2D eigenvalue weighted by molar-refractivity contribution is -0.120. The second-order valence-corrected chi connectivity index (χ2v) is 5.65. The molecule has 5 heteroatoms. The summed E-state index contributed by atoms with van der Waals surface area (Å²) in [5.41, 5.74) is 4.42. The number of hydrazine groups is 1. The van der Waals surface area contributed by atoms with Gasteiger partial charge in [0.05, 0.1) is 6.42 Å². The van der Waals surface area contributed by atoms with E-state index in [2.05, 4.69) is 16.4 Å². The van der Waals surface area contributed by atoms with Crippen LogP contribution in [0.3, 0.4) is 0 Å². The molecule has 0 aromatic heterocycles. The first-order valence-electron chi connectivity index (χ1n) is 7.65. The van der Waals surface area contributed by atoms with Gasteiger partial charge in [-0.3, -0.25) is 15.1 Å². The fraction of sp³-hybridized carbons (Fsp3) is 0.562. The minimum absolute atomic E-state index is 0.166. The number of aliphatic hydroxyl groups excluding tert-OH is 1. The maximum absolute atomic E-state index is 11.5. The summed E-state index contributed by atoms with van der Waals surface area (Å²) in [4.78, 5) is 14.0. The molecule has 0 saturated carbocycles. The van der Waals surface area contributed by atoms with E-state index in [9.17, 15) is 4.79 Å². The van der Waals surface area contributed by atoms with E-state index in [0.29, 0.717) is 12.5 Å². The minimum atomic E-state index is -0.166. The molecule has 1 unspecified atom stereocenters. The van der Waals surface area contributed by atoms with Crippen molar-refractivity contribution in [1.82, 2.24) is 10.3 Å². The predicted molar refractivity (Wildman–Crippen MR) is 82.2 cm³/mol. The van der Waals surface area contributed by atoms with E-state index >= 15 is 0 Å². The molecule has 1 amide bonds. The number of rotatable bonds is 7. The van der Waals surface area contributed by atoms with Crippen LogP contribution in [-0.4, -0.2) is 35.1 Å². The fourth-order valence-corrected chi connectivity index (χ4v) is 3.08. The van der Waals surface area contributed by atoms with E-state index in [1.807, 2.05) is 18.2 Å². The summed E-state index contributed by atoms with van der Waals surface area (Å²) in [6.45, 7) is 2.22. The topological polar surface area (TPSA) is 78.6 Å². The van der Waals surface area contributed by atoms with Gasteiger partial charge < -0.3 is 5.11 Å². The average molecular weight is 291 g/mol. The maximum atomic E-state index is 11.5. The Morgan fingerprint density at radius 3 is 2.86 bits per heavy atom. The number of hydrogen-bond donors (Lipinski definition) is 3. The molecule has 1 heterocycles. The molecule has 116 valence electrons. The molecular formula is C16H25N3O2. The van der Waals surface area contributed by atoms with Gasteiger partial charge in [-0.05, 0) is 43.4 Å². The maximum Gasteiger partial charge on any atom is 0.238 e. The summed E-state index contributed by atoms with van der Waals surface area (Å²) in [5, 5.41) is 9.00. The first-order valence-corrected chi connectivity index (χ1v) is 7.65. The van der Waals surface area contributed by atoms with Gasteiger partial charge in [-0.15, -0.1) is 0 Å². The summed E-state index contributed by atoms with van der Waals surface area (Å²) < 4.78 is 0. The third-order valence-corrected chi connectivity index (χ3v) is 4.20. The van der Waals surface area contributed by atoms with Crippen molar-refractivity contribution in [3.05, 3.63) is 35.4 Å². The van der Waals surface area contributed by atoms with Crippen LogP contribution in [0.2, 0.25) is 0 Å². The summed E-state index contributed by atoms with van der Waals surface area (Å²) in [6.07, 6.45) is 4.63. The number of nitrogens with two attached hydrogens (primary N) is 1. The number of nitrogens with one attached hydrogen (secondary N) is 1. The van der Waals surface area contributed by atoms with Crippen LogP contribution in [0.1, 0.15) is 36.8 Å². The standard InChI is InChI=1S/C16H25N3O2/c17-18-16(21)11-13-5-1-2-6-14(13)12-19-9-3-7-15(19)8-4-10-20/h1-2,5-6,15,20H,3-4,7-12,17H2,(H,18,21). The molecule has 1 saturated heterocycles. The molecule has 0 radical (unpaired) electrons. The molecule has 1 aromatic rings. The molecule has 1 atom stereocenters. The van der Waals surface area contributed by atoms with Crippen molar-refractivity contribution < 1.29 is 9.90 Å². The zero-order chi connectivity index (χ0) is 15.1. The van der Waals surface area contributed by atoms with Crippen molar-refractivity contribution in [1.29, 1.82) is 0 Å². The van der Waals surface area contributed by atoms with Crippen molar-refractivity contribution >= 4 is 5.91 Å². The highest BCUT2D eigenvalue weighted by Gasteiger charge is 2.24. The Morgan fingerprint density at radius 2 is 2.14 bits per heavy atom. The summed E-state index contributed by atoms with van der Waals surface area (Å²) in [5.74, 6) is 5.01. The van der Waals surface area contributed by atoms with Gasteiger partial charge in [-0.1, -0.05) is 24.3 Å². The van der Waals surface area contributed by atoms with E-state index in [0.717, 1.165) is 31.5 Å². The minimum Gasteiger partial charge on any atom is -0.396 e. The largest absolute Gasteiger partial charge is 0.396 e. The fourth-order valence-electron chi connectivity index (χ4n) is 3.08. The Bertz CT molecular complexity index is 465. The van der Waals surface area contributed by atoms with Crippen LogP contribution in [-0.2, 0) is 17.8 Å². The predicted octanol–water partition coefficient (Wildman–Crippen LogP) is 0.956. The second-order valence-electron chi connectivity index (χ2n) is 5.65. The van der Waals surface area contributed by atoms with E-state index in [1.165, 1.54) is 18.4 Å². The second kappa shape index (κ2) is 8.12. The van der Waals surface area contributed by atoms with Crippen molar-refractivity contribution in [2.45, 2.75) is 44.7 Å². The van der Waals surface area contributed by atoms with Gasteiger partial charge in [0.1, 0.15) is 0 Å². The summed E-state index contributed by atoms with van der Waals surface area (Å²) >= 11 is 0. The Hall–Kier alpha value is -1.43. The van der Waals surface area contributed by atoms with Crippen LogP contribution in [0.5, 0.6) is 0 Å². The molecule has 21 heavy (non-hydrogen) atoms. The Balaban J connectivity index is 2.03. The molecular weight excluding hydrogens is 266 g/mol. The van der Waals surface area contributed by atoms with Gasteiger partial charge in [0.2, 0.25) is 5.91 Å². The summed E-state index contributed by atoms with van der Waals surface area (Å²) in [7, 11) is 0. The van der Waals surface area contributed by atoms with Crippen LogP contribution < -0.4 is 11.3 Å². The third kappa shape index (κ3) is 4.52. The monoisotopic (exact) mass is 291 g/mol. The van der Waals surface area contributed by atoms with Gasteiger partial charge >= 0.3 is 0 Å². The molecule has 2 rings (SSSR count). The van der Waals surface area contributed by atoms with E-state index in [1.54, 1.807) is 0 Å². The van der Waals surface area contributed by atoms with Gasteiger partial charge in [0.15, 0.2) is 0 Å². The number of nitrogens with zero attached hydrogens (tertiary/aromatic N) is 1. The SMILES string of the molecule is NNC(=O)Cc1ccccc1CN1CCCC1CCCO. The molecule has 0 spiro atoms. The Morgan fingerprint density at radius 1 is 1.38 bits per heavy atom. The number of likely N-dealkylation sites (tertiary alicyclic amines) is 1. The van der Waals surface area contributed by atoms with Gasteiger partial charge in [-0.25, -0.2) is 5.84 Å². The van der Waals surface area contributed by atoms with Crippen molar-refractivity contribution in [2.75, 3.05) is 13.2 Å². The number of hydrogen-bond acceptors (Lipinski definition) is 4. The molecule has 1 fully saturated rings. The third-order valence-electron chi connectivity index (χ3n) is 4.20. The highest BCUT2D eigenvalue weighted by atomic mass is 16.2. The van der Waals surface area contributed by atoms with Crippen molar-refractivity contribution in [2.24, 2.45) is 5.84 Å². The highest BCUT2D eigenvalue weighted by Crippen LogP contribution is 2.24. The smallest absolute Gasteiger partial charge is 0.238 e. The molecule has 5 nitrogen and oxygen atoms in total. The lowest BCUT2D eigenvalue weighted by Gasteiger charge is -2.25. The normalized spacial score (nSPS) is 18.9. The average Bonchev–Trinajstić information content (AvgIpc) is 2.94.